The van der Waals surface area contributed by atoms with Gasteiger partial charge in [0.15, 0.2) is 0 Å². The molecular weight excluding hydrogens is 184 g/mol. The predicted octanol–water partition coefficient (Wildman–Crippen LogP) is 2.08. The summed E-state index contributed by atoms with van der Waals surface area (Å²) < 4.78 is 5.31. The number of hydrogen-bond donors (Lipinski definition) is 1. The molecule has 1 rings (SSSR count). The minimum atomic E-state index is -0.374. The Balaban J connectivity index is 2.22. The van der Waals surface area contributed by atoms with Crippen molar-refractivity contribution in [2.45, 2.75) is 32.5 Å². The van der Waals surface area contributed by atoms with Crippen LogP contribution in [0.15, 0.2) is 17.5 Å². The van der Waals surface area contributed by atoms with E-state index in [9.17, 15) is 5.11 Å². The molecule has 1 aromatic rings. The third-order valence-corrected chi connectivity index (χ3v) is 2.54. The second kappa shape index (κ2) is 5.37. The maximum atomic E-state index is 9.55. The first-order chi connectivity index (χ1) is 6.18. The predicted molar refractivity (Wildman–Crippen MR) is 55.1 cm³/mol. The zero-order chi connectivity index (χ0) is 9.68. The fraction of sp³-hybridized carbons (Fsp3) is 0.600. The first-order valence-electron chi connectivity index (χ1n) is 4.50. The van der Waals surface area contributed by atoms with Crippen LogP contribution in [0.2, 0.25) is 0 Å². The average molecular weight is 200 g/mol. The summed E-state index contributed by atoms with van der Waals surface area (Å²) in [7, 11) is 0. The Labute approximate surface area is 83.2 Å². The number of aliphatic hydroxyl groups is 1. The molecule has 0 saturated carbocycles. The maximum absolute atomic E-state index is 9.55. The van der Waals surface area contributed by atoms with Crippen molar-refractivity contribution in [2.75, 3.05) is 6.61 Å². The summed E-state index contributed by atoms with van der Waals surface area (Å²) in [6.45, 7) is 4.37. The van der Waals surface area contributed by atoms with Crippen LogP contribution in [0.1, 0.15) is 18.7 Å². The van der Waals surface area contributed by atoms with Crippen LogP contribution < -0.4 is 0 Å². The van der Waals surface area contributed by atoms with Gasteiger partial charge in [-0.15, -0.1) is 11.3 Å². The largest absolute Gasteiger partial charge is 0.390 e. The lowest BCUT2D eigenvalue weighted by Crippen LogP contribution is -2.20. The van der Waals surface area contributed by atoms with E-state index in [1.165, 1.54) is 4.88 Å². The van der Waals surface area contributed by atoms with E-state index in [4.69, 9.17) is 4.74 Å². The molecule has 1 aromatic heterocycles. The van der Waals surface area contributed by atoms with Gasteiger partial charge in [-0.1, -0.05) is 6.07 Å². The van der Waals surface area contributed by atoms with Gasteiger partial charge in [0.05, 0.1) is 18.8 Å². The molecule has 0 aliphatic rings. The van der Waals surface area contributed by atoms with Gasteiger partial charge >= 0.3 is 0 Å². The molecule has 0 radical (unpaired) electrons. The number of hydrogen-bond acceptors (Lipinski definition) is 3. The van der Waals surface area contributed by atoms with Gasteiger partial charge in [0.1, 0.15) is 0 Å². The molecule has 74 valence electrons. The van der Waals surface area contributed by atoms with Gasteiger partial charge in [0.25, 0.3) is 0 Å². The highest BCUT2D eigenvalue weighted by Gasteiger charge is 2.07. The van der Waals surface area contributed by atoms with Crippen LogP contribution in [0.3, 0.4) is 0 Å². The van der Waals surface area contributed by atoms with Crippen molar-refractivity contribution >= 4 is 11.3 Å². The minimum absolute atomic E-state index is 0.193. The lowest BCUT2D eigenvalue weighted by molar-refractivity contribution is 0.00651. The molecule has 2 nitrogen and oxygen atoms in total. The SMILES string of the molecule is CC(C)OCC(O)Cc1cccs1. The lowest BCUT2D eigenvalue weighted by atomic mass is 10.2. The molecule has 1 N–H and O–H groups in total. The minimum Gasteiger partial charge on any atom is -0.390 e. The Kier molecular flexibility index (Phi) is 4.42. The van der Waals surface area contributed by atoms with E-state index < -0.39 is 0 Å². The average Bonchev–Trinajstić information content (AvgIpc) is 2.53. The highest BCUT2D eigenvalue weighted by Crippen LogP contribution is 2.11. The molecule has 0 amide bonds. The smallest absolute Gasteiger partial charge is 0.0821 e. The highest BCUT2D eigenvalue weighted by molar-refractivity contribution is 7.09. The molecule has 0 spiro atoms. The van der Waals surface area contributed by atoms with E-state index >= 15 is 0 Å². The summed E-state index contributed by atoms with van der Waals surface area (Å²) in [6.07, 6.45) is 0.517. The molecule has 0 fully saturated rings. The molecule has 1 unspecified atom stereocenters. The molecule has 1 heterocycles. The number of ether oxygens (including phenoxy) is 1. The van der Waals surface area contributed by atoms with Gasteiger partial charge in [-0.2, -0.15) is 0 Å². The summed E-state index contributed by atoms with van der Waals surface area (Å²) in [6, 6.07) is 4.03. The standard InChI is InChI=1S/C10H16O2S/c1-8(2)12-7-9(11)6-10-4-3-5-13-10/h3-5,8-9,11H,6-7H2,1-2H3. The zero-order valence-electron chi connectivity index (χ0n) is 8.06. The van der Waals surface area contributed by atoms with Gasteiger partial charge in [0.2, 0.25) is 0 Å². The first kappa shape index (κ1) is 10.7. The second-order valence-corrected chi connectivity index (χ2v) is 4.35. The molecular formula is C10H16O2S. The van der Waals surface area contributed by atoms with E-state index in [1.807, 2.05) is 31.4 Å². The molecule has 0 aliphatic heterocycles. The van der Waals surface area contributed by atoms with Gasteiger partial charge in [-0.3, -0.25) is 0 Å². The van der Waals surface area contributed by atoms with Crippen molar-refractivity contribution in [3.63, 3.8) is 0 Å². The number of thiophene rings is 1. The van der Waals surface area contributed by atoms with Crippen molar-refractivity contribution in [2.24, 2.45) is 0 Å². The highest BCUT2D eigenvalue weighted by atomic mass is 32.1. The lowest BCUT2D eigenvalue weighted by Gasteiger charge is -2.12. The fourth-order valence-corrected chi connectivity index (χ4v) is 1.80. The summed E-state index contributed by atoms with van der Waals surface area (Å²) >= 11 is 1.67. The van der Waals surface area contributed by atoms with E-state index in [0.29, 0.717) is 13.0 Å². The van der Waals surface area contributed by atoms with Crippen LogP contribution in [-0.2, 0) is 11.2 Å². The zero-order valence-corrected chi connectivity index (χ0v) is 8.88. The van der Waals surface area contributed by atoms with E-state index in [1.54, 1.807) is 11.3 Å². The summed E-state index contributed by atoms with van der Waals surface area (Å²) in [5, 5.41) is 11.6. The van der Waals surface area contributed by atoms with Crippen molar-refractivity contribution in [3.8, 4) is 0 Å². The summed E-state index contributed by atoms with van der Waals surface area (Å²) in [4.78, 5) is 1.21. The van der Waals surface area contributed by atoms with Crippen molar-refractivity contribution in [3.05, 3.63) is 22.4 Å². The van der Waals surface area contributed by atoms with Crippen molar-refractivity contribution in [1.82, 2.24) is 0 Å². The molecule has 13 heavy (non-hydrogen) atoms. The Hall–Kier alpha value is -0.380. The van der Waals surface area contributed by atoms with Gasteiger partial charge in [0, 0.05) is 11.3 Å². The van der Waals surface area contributed by atoms with Gasteiger partial charge < -0.3 is 9.84 Å². The summed E-state index contributed by atoms with van der Waals surface area (Å²) in [5.74, 6) is 0. The molecule has 0 aromatic carbocycles. The molecule has 0 saturated heterocycles. The number of rotatable bonds is 5. The normalized spacial score (nSPS) is 13.5. The van der Waals surface area contributed by atoms with Crippen molar-refractivity contribution in [1.29, 1.82) is 0 Å². The Bertz CT molecular complexity index is 219. The molecule has 0 aliphatic carbocycles. The Morgan fingerprint density at radius 2 is 2.31 bits per heavy atom. The van der Waals surface area contributed by atoms with E-state index in [2.05, 4.69) is 0 Å². The van der Waals surface area contributed by atoms with Crippen LogP contribution in [0.5, 0.6) is 0 Å². The maximum Gasteiger partial charge on any atom is 0.0821 e. The van der Waals surface area contributed by atoms with E-state index in [-0.39, 0.29) is 12.2 Å². The second-order valence-electron chi connectivity index (χ2n) is 3.32. The summed E-state index contributed by atoms with van der Waals surface area (Å²) in [5.41, 5.74) is 0. The fourth-order valence-electron chi connectivity index (χ4n) is 1.02. The van der Waals surface area contributed by atoms with E-state index in [0.717, 1.165) is 0 Å². The Morgan fingerprint density at radius 1 is 1.54 bits per heavy atom. The third kappa shape index (κ3) is 4.41. The first-order valence-corrected chi connectivity index (χ1v) is 5.38. The van der Waals surface area contributed by atoms with Crippen LogP contribution in [0.4, 0.5) is 0 Å². The van der Waals surface area contributed by atoms with Crippen LogP contribution >= 0.6 is 11.3 Å². The van der Waals surface area contributed by atoms with Crippen molar-refractivity contribution < 1.29 is 9.84 Å². The number of aliphatic hydroxyl groups excluding tert-OH is 1. The van der Waals surface area contributed by atoms with Crippen LogP contribution in [0.25, 0.3) is 0 Å². The van der Waals surface area contributed by atoms with Crippen LogP contribution in [-0.4, -0.2) is 23.9 Å². The monoisotopic (exact) mass is 200 g/mol. The van der Waals surface area contributed by atoms with Gasteiger partial charge in [-0.05, 0) is 25.3 Å². The Morgan fingerprint density at radius 3 is 2.85 bits per heavy atom. The molecule has 3 heteroatoms. The molecule has 0 bridgehead atoms. The topological polar surface area (TPSA) is 29.5 Å². The molecule has 1 atom stereocenters. The van der Waals surface area contributed by atoms with Gasteiger partial charge in [-0.25, -0.2) is 0 Å². The quantitative estimate of drug-likeness (QED) is 0.788. The third-order valence-electron chi connectivity index (χ3n) is 1.64. The van der Waals surface area contributed by atoms with Crippen LogP contribution in [0, 0.1) is 0 Å².